The molecule has 2 atom stereocenters. The van der Waals surface area contributed by atoms with Gasteiger partial charge >= 0.3 is 0 Å². The lowest BCUT2D eigenvalue weighted by atomic mass is 10.1. The van der Waals surface area contributed by atoms with Crippen LogP contribution in [0, 0.1) is 5.92 Å². The van der Waals surface area contributed by atoms with Gasteiger partial charge < -0.3 is 9.84 Å². The molecule has 1 aliphatic heterocycles. The van der Waals surface area contributed by atoms with Crippen molar-refractivity contribution in [2.75, 3.05) is 38.3 Å². The van der Waals surface area contributed by atoms with E-state index in [1.165, 1.54) is 0 Å². The van der Waals surface area contributed by atoms with Gasteiger partial charge in [0, 0.05) is 20.2 Å². The maximum absolute atomic E-state index is 11.5. The topological polar surface area (TPSA) is 66.8 Å². The Morgan fingerprint density at radius 2 is 2.06 bits per heavy atom. The summed E-state index contributed by atoms with van der Waals surface area (Å²) in [6.07, 6.45) is -0.768. The van der Waals surface area contributed by atoms with E-state index < -0.39 is 15.9 Å². The summed E-state index contributed by atoms with van der Waals surface area (Å²) in [7, 11) is -1.46. The van der Waals surface area contributed by atoms with E-state index in [4.69, 9.17) is 4.74 Å². The summed E-state index contributed by atoms with van der Waals surface area (Å²) in [5, 5.41) is 9.85. The molecule has 17 heavy (non-hydrogen) atoms. The molecule has 1 aliphatic rings. The van der Waals surface area contributed by atoms with E-state index in [2.05, 4.69) is 13.8 Å². The maximum atomic E-state index is 11.5. The number of aliphatic hydroxyl groups excluding tert-OH is 1. The van der Waals surface area contributed by atoms with Crippen LogP contribution in [0.25, 0.3) is 0 Å². The van der Waals surface area contributed by atoms with Crippen molar-refractivity contribution in [1.82, 2.24) is 4.90 Å². The predicted molar refractivity (Wildman–Crippen MR) is 66.7 cm³/mol. The van der Waals surface area contributed by atoms with Gasteiger partial charge in [0.2, 0.25) is 0 Å². The normalized spacial score (nSPS) is 28.1. The van der Waals surface area contributed by atoms with Gasteiger partial charge in [-0.2, -0.15) is 0 Å². The highest BCUT2D eigenvalue weighted by molar-refractivity contribution is 7.91. The molecular weight excluding hydrogens is 242 g/mol. The molecule has 0 spiro atoms. The van der Waals surface area contributed by atoms with Gasteiger partial charge in [0.1, 0.15) is 0 Å². The average molecular weight is 265 g/mol. The van der Waals surface area contributed by atoms with Crippen LogP contribution in [-0.2, 0) is 14.6 Å². The third-order valence-corrected chi connectivity index (χ3v) is 4.64. The van der Waals surface area contributed by atoms with Crippen LogP contribution in [0.15, 0.2) is 0 Å². The fourth-order valence-corrected chi connectivity index (χ4v) is 4.06. The third-order valence-electron chi connectivity index (χ3n) is 2.94. The summed E-state index contributed by atoms with van der Waals surface area (Å²) in [5.74, 6) is 0.381. The summed E-state index contributed by atoms with van der Waals surface area (Å²) in [5.41, 5.74) is 0. The molecule has 1 heterocycles. The number of hydrogen-bond donors (Lipinski definition) is 1. The molecule has 0 aliphatic carbocycles. The standard InChI is InChI=1S/C11H23NO4S/c1-9(2)6-12(4-5-16-3)10-7-17(14,15)8-11(10)13/h9-11,13H,4-8H2,1-3H3. The summed E-state index contributed by atoms with van der Waals surface area (Å²) in [6.45, 7) is 6.15. The molecule has 0 radical (unpaired) electrons. The highest BCUT2D eigenvalue weighted by Crippen LogP contribution is 2.19. The largest absolute Gasteiger partial charge is 0.390 e. The average Bonchev–Trinajstić information content (AvgIpc) is 2.46. The molecule has 0 aromatic rings. The Kier molecular flexibility index (Phi) is 5.37. The molecule has 0 bridgehead atoms. The molecule has 1 saturated heterocycles. The van der Waals surface area contributed by atoms with E-state index in [0.29, 0.717) is 19.1 Å². The maximum Gasteiger partial charge on any atom is 0.154 e. The molecule has 6 heteroatoms. The minimum Gasteiger partial charge on any atom is -0.390 e. The number of aliphatic hydroxyl groups is 1. The van der Waals surface area contributed by atoms with Crippen LogP contribution >= 0.6 is 0 Å². The molecule has 2 unspecified atom stereocenters. The molecule has 102 valence electrons. The molecule has 0 amide bonds. The highest BCUT2D eigenvalue weighted by Gasteiger charge is 2.39. The van der Waals surface area contributed by atoms with Gasteiger partial charge in [0.05, 0.1) is 30.3 Å². The van der Waals surface area contributed by atoms with E-state index in [1.54, 1.807) is 7.11 Å². The number of hydrogen-bond acceptors (Lipinski definition) is 5. The number of sulfone groups is 1. The Hall–Kier alpha value is -0.170. The van der Waals surface area contributed by atoms with Gasteiger partial charge in [0.15, 0.2) is 9.84 Å². The van der Waals surface area contributed by atoms with Crippen LogP contribution in [0.1, 0.15) is 13.8 Å². The van der Waals surface area contributed by atoms with Gasteiger partial charge in [-0.05, 0) is 5.92 Å². The van der Waals surface area contributed by atoms with Crippen molar-refractivity contribution in [2.45, 2.75) is 26.0 Å². The van der Waals surface area contributed by atoms with E-state index in [9.17, 15) is 13.5 Å². The summed E-state index contributed by atoms with van der Waals surface area (Å²) in [6, 6.07) is -0.280. The Morgan fingerprint density at radius 1 is 1.41 bits per heavy atom. The summed E-state index contributed by atoms with van der Waals surface area (Å²) >= 11 is 0. The molecule has 1 rings (SSSR count). The van der Waals surface area contributed by atoms with E-state index in [0.717, 1.165) is 6.54 Å². The van der Waals surface area contributed by atoms with Crippen LogP contribution in [-0.4, -0.2) is 68.9 Å². The zero-order valence-electron chi connectivity index (χ0n) is 10.8. The van der Waals surface area contributed by atoms with Crippen molar-refractivity contribution in [3.63, 3.8) is 0 Å². The lowest BCUT2D eigenvalue weighted by molar-refractivity contribution is 0.0549. The Balaban J connectivity index is 2.69. The van der Waals surface area contributed by atoms with Crippen molar-refractivity contribution in [2.24, 2.45) is 5.92 Å². The van der Waals surface area contributed by atoms with Crippen LogP contribution in [0.5, 0.6) is 0 Å². The predicted octanol–water partition coefficient (Wildman–Crippen LogP) is -0.251. The van der Waals surface area contributed by atoms with Gasteiger partial charge in [-0.1, -0.05) is 13.8 Å². The summed E-state index contributed by atoms with van der Waals surface area (Å²) < 4.78 is 28.0. The van der Waals surface area contributed by atoms with Crippen molar-refractivity contribution in [1.29, 1.82) is 0 Å². The Bertz CT molecular complexity index is 328. The van der Waals surface area contributed by atoms with E-state index >= 15 is 0 Å². The number of methoxy groups -OCH3 is 1. The highest BCUT2D eigenvalue weighted by atomic mass is 32.2. The van der Waals surface area contributed by atoms with E-state index in [-0.39, 0.29) is 17.5 Å². The van der Waals surface area contributed by atoms with Crippen LogP contribution < -0.4 is 0 Å². The van der Waals surface area contributed by atoms with E-state index in [1.807, 2.05) is 4.90 Å². The summed E-state index contributed by atoms with van der Waals surface area (Å²) in [4.78, 5) is 2.03. The van der Waals surface area contributed by atoms with Crippen molar-refractivity contribution < 1.29 is 18.3 Å². The Morgan fingerprint density at radius 3 is 2.47 bits per heavy atom. The lowest BCUT2D eigenvalue weighted by Crippen LogP contribution is -2.46. The zero-order valence-corrected chi connectivity index (χ0v) is 11.6. The second-order valence-corrected chi connectivity index (χ2v) is 7.25. The number of ether oxygens (including phenoxy) is 1. The van der Waals surface area contributed by atoms with Gasteiger partial charge in [0.25, 0.3) is 0 Å². The first-order chi connectivity index (χ1) is 7.85. The van der Waals surface area contributed by atoms with Crippen molar-refractivity contribution in [3.8, 4) is 0 Å². The molecule has 0 saturated carbocycles. The Labute approximate surface area is 104 Å². The number of rotatable bonds is 6. The second-order valence-electron chi connectivity index (χ2n) is 5.09. The minimum atomic E-state index is -3.08. The monoisotopic (exact) mass is 265 g/mol. The van der Waals surface area contributed by atoms with Gasteiger partial charge in [-0.15, -0.1) is 0 Å². The molecule has 0 aromatic carbocycles. The molecule has 5 nitrogen and oxygen atoms in total. The third kappa shape index (κ3) is 4.54. The molecule has 1 fully saturated rings. The fraction of sp³-hybridized carbons (Fsp3) is 1.00. The molecule has 0 aromatic heterocycles. The second kappa shape index (κ2) is 6.13. The van der Waals surface area contributed by atoms with Gasteiger partial charge in [-0.3, -0.25) is 4.90 Å². The SMILES string of the molecule is COCCN(CC(C)C)C1CS(=O)(=O)CC1O. The van der Waals surface area contributed by atoms with Crippen LogP contribution in [0.3, 0.4) is 0 Å². The first kappa shape index (κ1) is 14.9. The minimum absolute atomic E-state index is 0.0601. The molecule has 1 N–H and O–H groups in total. The smallest absolute Gasteiger partial charge is 0.154 e. The van der Waals surface area contributed by atoms with Gasteiger partial charge in [-0.25, -0.2) is 8.42 Å². The lowest BCUT2D eigenvalue weighted by Gasteiger charge is -2.31. The fourth-order valence-electron chi connectivity index (χ4n) is 2.23. The zero-order chi connectivity index (χ0) is 13.1. The quantitative estimate of drug-likeness (QED) is 0.717. The van der Waals surface area contributed by atoms with Crippen LogP contribution in [0.4, 0.5) is 0 Å². The van der Waals surface area contributed by atoms with Crippen molar-refractivity contribution >= 4 is 9.84 Å². The van der Waals surface area contributed by atoms with Crippen molar-refractivity contribution in [3.05, 3.63) is 0 Å². The first-order valence-electron chi connectivity index (χ1n) is 5.97. The number of nitrogens with zero attached hydrogens (tertiary/aromatic N) is 1. The van der Waals surface area contributed by atoms with Crippen LogP contribution in [0.2, 0.25) is 0 Å². The molecular formula is C11H23NO4S. The first-order valence-corrected chi connectivity index (χ1v) is 7.79.